The molecule has 0 saturated heterocycles. The number of hydrogen-bond donors (Lipinski definition) is 1. The molecule has 0 unspecified atom stereocenters. The first-order valence-corrected chi connectivity index (χ1v) is 8.18. The van der Waals surface area contributed by atoms with E-state index in [2.05, 4.69) is 5.32 Å². The number of methoxy groups -OCH3 is 1. The maximum atomic E-state index is 13.0. The van der Waals surface area contributed by atoms with Gasteiger partial charge in [0.15, 0.2) is 0 Å². The summed E-state index contributed by atoms with van der Waals surface area (Å²) in [5.41, 5.74) is 2.32. The smallest absolute Gasteiger partial charge is 0.244 e. The van der Waals surface area contributed by atoms with Crippen molar-refractivity contribution in [2.45, 2.75) is 0 Å². The second kappa shape index (κ2) is 8.16. The molecule has 0 bridgehead atoms. The number of ether oxygens (including phenoxy) is 1. The molecule has 4 nitrogen and oxygen atoms in total. The highest BCUT2D eigenvalue weighted by molar-refractivity contribution is 5.95. The molecule has 0 saturated carbocycles. The van der Waals surface area contributed by atoms with Gasteiger partial charge in [-0.2, -0.15) is 0 Å². The van der Waals surface area contributed by atoms with Gasteiger partial charge < -0.3 is 15.0 Å². The van der Waals surface area contributed by atoms with E-state index in [4.69, 9.17) is 4.74 Å². The maximum absolute atomic E-state index is 13.0. The first kappa shape index (κ1) is 17.5. The lowest BCUT2D eigenvalue weighted by Crippen LogP contribution is -2.29. The van der Waals surface area contributed by atoms with Crippen LogP contribution in [0.25, 0.3) is 0 Å². The summed E-state index contributed by atoms with van der Waals surface area (Å²) in [7, 11) is 1.61. The zero-order valence-corrected chi connectivity index (χ0v) is 14.4. The van der Waals surface area contributed by atoms with Gasteiger partial charge in [-0.15, -0.1) is 0 Å². The van der Waals surface area contributed by atoms with Crippen molar-refractivity contribution in [2.75, 3.05) is 23.9 Å². The molecule has 0 aromatic heterocycles. The predicted molar refractivity (Wildman–Crippen MR) is 101 cm³/mol. The van der Waals surface area contributed by atoms with Crippen LogP contribution in [-0.4, -0.2) is 19.6 Å². The average molecular weight is 350 g/mol. The number of hydrogen-bond acceptors (Lipinski definition) is 3. The summed E-state index contributed by atoms with van der Waals surface area (Å²) in [5, 5.41) is 2.79. The molecular weight excluding hydrogens is 331 g/mol. The molecule has 3 rings (SSSR count). The molecule has 0 aliphatic carbocycles. The van der Waals surface area contributed by atoms with Crippen LogP contribution in [0.1, 0.15) is 0 Å². The normalized spacial score (nSPS) is 10.2. The topological polar surface area (TPSA) is 41.6 Å². The number of anilines is 3. The van der Waals surface area contributed by atoms with Gasteiger partial charge in [-0.3, -0.25) is 4.79 Å². The standard InChI is InChI=1S/C21H19FN2O2/c1-26-20-13-11-19(12-14-20)24(18-5-3-2-4-6-18)15-21(25)23-17-9-7-16(22)8-10-17/h2-14H,15H2,1H3,(H,23,25). The Morgan fingerprint density at radius 2 is 1.54 bits per heavy atom. The number of carbonyl (C=O) groups excluding carboxylic acids is 1. The molecule has 0 aliphatic rings. The quantitative estimate of drug-likeness (QED) is 0.706. The fourth-order valence-electron chi connectivity index (χ4n) is 2.58. The van der Waals surface area contributed by atoms with Crippen LogP contribution in [0.5, 0.6) is 5.75 Å². The Labute approximate surface area is 151 Å². The van der Waals surface area contributed by atoms with E-state index in [0.717, 1.165) is 17.1 Å². The van der Waals surface area contributed by atoms with Crippen molar-refractivity contribution in [1.82, 2.24) is 0 Å². The van der Waals surface area contributed by atoms with Gasteiger partial charge in [0.1, 0.15) is 18.1 Å². The minimum atomic E-state index is -0.341. The minimum Gasteiger partial charge on any atom is -0.497 e. The minimum absolute atomic E-state index is 0.119. The summed E-state index contributed by atoms with van der Waals surface area (Å²) >= 11 is 0. The molecule has 0 atom stereocenters. The molecule has 26 heavy (non-hydrogen) atoms. The third kappa shape index (κ3) is 4.39. The highest BCUT2D eigenvalue weighted by Gasteiger charge is 2.14. The molecule has 0 radical (unpaired) electrons. The average Bonchev–Trinajstić information content (AvgIpc) is 2.69. The monoisotopic (exact) mass is 350 g/mol. The molecule has 0 heterocycles. The van der Waals surface area contributed by atoms with Crippen LogP contribution in [0.3, 0.4) is 0 Å². The summed E-state index contributed by atoms with van der Waals surface area (Å²) in [6.45, 7) is 0.119. The number of nitrogens with one attached hydrogen (secondary N) is 1. The van der Waals surface area contributed by atoms with Crippen LogP contribution in [0.2, 0.25) is 0 Å². The van der Waals surface area contributed by atoms with E-state index >= 15 is 0 Å². The van der Waals surface area contributed by atoms with Gasteiger partial charge in [0.2, 0.25) is 5.91 Å². The molecule has 1 N–H and O–H groups in total. The Morgan fingerprint density at radius 1 is 0.923 bits per heavy atom. The lowest BCUT2D eigenvalue weighted by molar-refractivity contribution is -0.114. The van der Waals surface area contributed by atoms with Crippen molar-refractivity contribution in [3.63, 3.8) is 0 Å². The van der Waals surface area contributed by atoms with Gasteiger partial charge in [-0.25, -0.2) is 4.39 Å². The fraction of sp³-hybridized carbons (Fsp3) is 0.0952. The van der Waals surface area contributed by atoms with Crippen LogP contribution in [-0.2, 0) is 4.79 Å². The van der Waals surface area contributed by atoms with Crippen molar-refractivity contribution in [2.24, 2.45) is 0 Å². The van der Waals surface area contributed by atoms with E-state index in [-0.39, 0.29) is 18.3 Å². The van der Waals surface area contributed by atoms with Crippen molar-refractivity contribution in [3.05, 3.63) is 84.7 Å². The Balaban J connectivity index is 1.81. The number of halogens is 1. The summed E-state index contributed by atoms with van der Waals surface area (Å²) in [4.78, 5) is 14.4. The van der Waals surface area contributed by atoms with Crippen LogP contribution in [0.4, 0.5) is 21.5 Å². The first-order valence-electron chi connectivity index (χ1n) is 8.18. The summed E-state index contributed by atoms with van der Waals surface area (Å²) in [6, 6.07) is 22.8. The van der Waals surface area contributed by atoms with Crippen LogP contribution in [0, 0.1) is 5.82 Å². The second-order valence-electron chi connectivity index (χ2n) is 5.67. The molecule has 132 valence electrons. The Bertz CT molecular complexity index is 849. The Hall–Kier alpha value is -3.34. The lowest BCUT2D eigenvalue weighted by Gasteiger charge is -2.24. The zero-order valence-electron chi connectivity index (χ0n) is 14.4. The van der Waals surface area contributed by atoms with Gasteiger partial charge in [-0.05, 0) is 60.7 Å². The molecule has 5 heteroatoms. The Morgan fingerprint density at radius 3 is 2.15 bits per heavy atom. The summed E-state index contributed by atoms with van der Waals surface area (Å²) < 4.78 is 18.2. The molecule has 0 spiro atoms. The number of amides is 1. The van der Waals surface area contributed by atoms with Crippen LogP contribution >= 0.6 is 0 Å². The molecule has 3 aromatic rings. The van der Waals surface area contributed by atoms with Gasteiger partial charge in [0.25, 0.3) is 0 Å². The predicted octanol–water partition coefficient (Wildman–Crippen LogP) is 4.61. The highest BCUT2D eigenvalue weighted by Crippen LogP contribution is 2.27. The highest BCUT2D eigenvalue weighted by atomic mass is 19.1. The molecule has 1 amide bonds. The Kier molecular flexibility index (Phi) is 5.49. The second-order valence-corrected chi connectivity index (χ2v) is 5.67. The third-order valence-electron chi connectivity index (χ3n) is 3.88. The van der Waals surface area contributed by atoms with E-state index in [0.29, 0.717) is 5.69 Å². The largest absolute Gasteiger partial charge is 0.497 e. The van der Waals surface area contributed by atoms with E-state index in [1.165, 1.54) is 24.3 Å². The SMILES string of the molecule is COc1ccc(N(CC(=O)Nc2ccc(F)cc2)c2ccccc2)cc1. The number of para-hydroxylation sites is 1. The lowest BCUT2D eigenvalue weighted by atomic mass is 10.2. The van der Waals surface area contributed by atoms with Crippen molar-refractivity contribution in [3.8, 4) is 5.75 Å². The molecular formula is C21H19FN2O2. The molecule has 3 aromatic carbocycles. The van der Waals surface area contributed by atoms with E-state index < -0.39 is 0 Å². The first-order chi connectivity index (χ1) is 12.7. The summed E-state index contributed by atoms with van der Waals surface area (Å²) in [5.74, 6) is 0.209. The number of rotatable bonds is 6. The van der Waals surface area contributed by atoms with E-state index in [9.17, 15) is 9.18 Å². The number of nitrogens with zero attached hydrogens (tertiary/aromatic N) is 1. The van der Waals surface area contributed by atoms with Crippen LogP contribution < -0.4 is 15.0 Å². The maximum Gasteiger partial charge on any atom is 0.244 e. The number of benzene rings is 3. The van der Waals surface area contributed by atoms with Gasteiger partial charge >= 0.3 is 0 Å². The van der Waals surface area contributed by atoms with Gasteiger partial charge in [0.05, 0.1) is 7.11 Å². The van der Waals surface area contributed by atoms with Gasteiger partial charge in [0, 0.05) is 17.1 Å². The van der Waals surface area contributed by atoms with Crippen molar-refractivity contribution < 1.29 is 13.9 Å². The van der Waals surface area contributed by atoms with E-state index in [1.807, 2.05) is 59.5 Å². The third-order valence-corrected chi connectivity index (χ3v) is 3.88. The van der Waals surface area contributed by atoms with Crippen LogP contribution in [0.15, 0.2) is 78.9 Å². The fourth-order valence-corrected chi connectivity index (χ4v) is 2.58. The molecule has 0 fully saturated rings. The van der Waals surface area contributed by atoms with Crippen molar-refractivity contribution in [1.29, 1.82) is 0 Å². The van der Waals surface area contributed by atoms with Gasteiger partial charge in [-0.1, -0.05) is 18.2 Å². The van der Waals surface area contributed by atoms with E-state index in [1.54, 1.807) is 7.11 Å². The number of carbonyl (C=O) groups is 1. The van der Waals surface area contributed by atoms with Crippen molar-refractivity contribution >= 4 is 23.0 Å². The summed E-state index contributed by atoms with van der Waals surface area (Å²) in [6.07, 6.45) is 0. The molecule has 0 aliphatic heterocycles. The zero-order chi connectivity index (χ0) is 18.4.